The molecule has 0 spiro atoms. The molecule has 2 aromatic rings. The number of methoxy groups -OCH3 is 1. The molecule has 6 nitrogen and oxygen atoms in total. The van der Waals surface area contributed by atoms with E-state index in [0.717, 1.165) is 10.9 Å². The zero-order valence-corrected chi connectivity index (χ0v) is 11.1. The van der Waals surface area contributed by atoms with Crippen molar-refractivity contribution in [3.05, 3.63) is 35.6 Å². The summed E-state index contributed by atoms with van der Waals surface area (Å²) in [7, 11) is 1.58. The van der Waals surface area contributed by atoms with E-state index in [2.05, 4.69) is 5.32 Å². The van der Waals surface area contributed by atoms with Crippen molar-refractivity contribution >= 4 is 16.9 Å². The summed E-state index contributed by atoms with van der Waals surface area (Å²) in [4.78, 5) is 10.8. The summed E-state index contributed by atoms with van der Waals surface area (Å²) in [5.74, 6) is -1.15. The van der Waals surface area contributed by atoms with Gasteiger partial charge in [-0.15, -0.1) is 0 Å². The summed E-state index contributed by atoms with van der Waals surface area (Å²) in [6, 6.07) is 6.82. The molecule has 1 atom stereocenters. The van der Waals surface area contributed by atoms with Gasteiger partial charge in [0.05, 0.1) is 19.3 Å². The molecule has 108 valence electrons. The molecule has 2 rings (SSSR count). The number of hydrogen-bond donors (Lipinski definition) is 3. The van der Waals surface area contributed by atoms with Gasteiger partial charge in [0, 0.05) is 19.0 Å². The van der Waals surface area contributed by atoms with Crippen molar-refractivity contribution in [3.8, 4) is 0 Å². The lowest BCUT2D eigenvalue weighted by atomic mass is 10.1. The van der Waals surface area contributed by atoms with Crippen molar-refractivity contribution in [2.45, 2.75) is 12.6 Å². The summed E-state index contributed by atoms with van der Waals surface area (Å²) < 4.78 is 10.2. The Morgan fingerprint density at radius 3 is 2.90 bits per heavy atom. The number of aliphatic hydroxyl groups excluding tert-OH is 1. The van der Waals surface area contributed by atoms with Crippen LogP contribution >= 0.6 is 0 Å². The van der Waals surface area contributed by atoms with Gasteiger partial charge in [0.2, 0.25) is 5.76 Å². The van der Waals surface area contributed by atoms with Crippen molar-refractivity contribution in [2.75, 3.05) is 20.3 Å². The quantitative estimate of drug-likeness (QED) is 0.706. The number of aromatic carboxylic acids is 1. The van der Waals surface area contributed by atoms with Crippen LogP contribution in [0.25, 0.3) is 11.0 Å². The van der Waals surface area contributed by atoms with E-state index in [4.69, 9.17) is 19.4 Å². The van der Waals surface area contributed by atoms with Gasteiger partial charge in [-0.1, -0.05) is 6.07 Å². The first-order valence-corrected chi connectivity index (χ1v) is 6.23. The minimum atomic E-state index is -1.08. The second kappa shape index (κ2) is 6.51. The number of ether oxygens (including phenoxy) is 1. The third kappa shape index (κ3) is 3.36. The number of hydrogen-bond acceptors (Lipinski definition) is 5. The third-order valence-corrected chi connectivity index (χ3v) is 2.97. The molecule has 1 aromatic carbocycles. The highest BCUT2D eigenvalue weighted by molar-refractivity contribution is 5.91. The zero-order valence-electron chi connectivity index (χ0n) is 11.1. The Hall–Kier alpha value is -1.89. The molecule has 0 bridgehead atoms. The van der Waals surface area contributed by atoms with Crippen LogP contribution in [0, 0.1) is 0 Å². The normalized spacial score (nSPS) is 12.7. The zero-order chi connectivity index (χ0) is 14.5. The van der Waals surface area contributed by atoms with Crippen molar-refractivity contribution < 1.29 is 24.2 Å². The molecule has 0 aliphatic rings. The van der Waals surface area contributed by atoms with E-state index in [9.17, 15) is 4.79 Å². The lowest BCUT2D eigenvalue weighted by molar-refractivity contribution is 0.0665. The summed E-state index contributed by atoms with van der Waals surface area (Å²) >= 11 is 0. The molecule has 0 aliphatic heterocycles. The van der Waals surface area contributed by atoms with Crippen LogP contribution < -0.4 is 5.32 Å². The van der Waals surface area contributed by atoms with E-state index in [1.54, 1.807) is 13.2 Å². The Bertz CT molecular complexity index is 592. The SMILES string of the molecule is COCC(CO)NCc1ccc2oc(C(=O)O)cc2c1. The van der Waals surface area contributed by atoms with Gasteiger partial charge in [0.25, 0.3) is 0 Å². The molecule has 1 unspecified atom stereocenters. The molecule has 1 aromatic heterocycles. The van der Waals surface area contributed by atoms with Crippen LogP contribution in [-0.4, -0.2) is 42.5 Å². The maximum absolute atomic E-state index is 10.8. The Morgan fingerprint density at radius 1 is 1.45 bits per heavy atom. The Kier molecular flexibility index (Phi) is 4.73. The predicted octanol–water partition coefficient (Wildman–Crippen LogP) is 1.23. The topological polar surface area (TPSA) is 91.9 Å². The number of carboxylic acids is 1. The number of carboxylic acid groups (broad SMARTS) is 1. The average molecular weight is 279 g/mol. The summed E-state index contributed by atoms with van der Waals surface area (Å²) in [6.07, 6.45) is 0. The summed E-state index contributed by atoms with van der Waals surface area (Å²) in [5, 5.41) is 21.9. The van der Waals surface area contributed by atoms with Crippen molar-refractivity contribution in [1.29, 1.82) is 0 Å². The Balaban J connectivity index is 2.09. The maximum Gasteiger partial charge on any atom is 0.371 e. The number of furan rings is 1. The van der Waals surface area contributed by atoms with E-state index in [-0.39, 0.29) is 18.4 Å². The van der Waals surface area contributed by atoms with Gasteiger partial charge in [-0.2, -0.15) is 0 Å². The monoisotopic (exact) mass is 279 g/mol. The fourth-order valence-corrected chi connectivity index (χ4v) is 1.95. The number of nitrogens with one attached hydrogen (secondary N) is 1. The number of carbonyl (C=O) groups is 1. The van der Waals surface area contributed by atoms with Gasteiger partial charge in [-0.3, -0.25) is 0 Å². The molecule has 0 radical (unpaired) electrons. The van der Waals surface area contributed by atoms with Gasteiger partial charge in [-0.05, 0) is 23.8 Å². The molecule has 0 fully saturated rings. The van der Waals surface area contributed by atoms with Crippen LogP contribution in [0.2, 0.25) is 0 Å². The highest BCUT2D eigenvalue weighted by atomic mass is 16.5. The molecule has 1 heterocycles. The van der Waals surface area contributed by atoms with Gasteiger partial charge in [0.1, 0.15) is 5.58 Å². The van der Waals surface area contributed by atoms with Crippen molar-refractivity contribution in [3.63, 3.8) is 0 Å². The van der Waals surface area contributed by atoms with Crippen LogP contribution in [0.5, 0.6) is 0 Å². The van der Waals surface area contributed by atoms with Gasteiger partial charge < -0.3 is 24.7 Å². The highest BCUT2D eigenvalue weighted by Gasteiger charge is 2.11. The smallest absolute Gasteiger partial charge is 0.371 e. The first-order chi connectivity index (χ1) is 9.63. The second-order valence-electron chi connectivity index (χ2n) is 4.50. The molecule has 0 saturated carbocycles. The van der Waals surface area contributed by atoms with E-state index < -0.39 is 5.97 Å². The Morgan fingerprint density at radius 2 is 2.25 bits per heavy atom. The van der Waals surface area contributed by atoms with Crippen LogP contribution in [0.4, 0.5) is 0 Å². The number of benzene rings is 1. The lowest BCUT2D eigenvalue weighted by Gasteiger charge is -2.15. The first kappa shape index (κ1) is 14.5. The number of fused-ring (bicyclic) bond motifs is 1. The average Bonchev–Trinajstić information content (AvgIpc) is 2.86. The van der Waals surface area contributed by atoms with E-state index in [1.165, 1.54) is 6.07 Å². The highest BCUT2D eigenvalue weighted by Crippen LogP contribution is 2.20. The van der Waals surface area contributed by atoms with E-state index in [0.29, 0.717) is 18.7 Å². The van der Waals surface area contributed by atoms with E-state index >= 15 is 0 Å². The van der Waals surface area contributed by atoms with Gasteiger partial charge >= 0.3 is 5.97 Å². The summed E-state index contributed by atoms with van der Waals surface area (Å²) in [6.45, 7) is 0.969. The van der Waals surface area contributed by atoms with Gasteiger partial charge in [0.15, 0.2) is 0 Å². The standard InChI is InChI=1S/C14H17NO5/c1-19-8-11(7-16)15-6-9-2-3-12-10(4-9)5-13(20-12)14(17)18/h2-5,11,15-16H,6-8H2,1H3,(H,17,18). The van der Waals surface area contributed by atoms with Gasteiger partial charge in [-0.25, -0.2) is 4.79 Å². The lowest BCUT2D eigenvalue weighted by Crippen LogP contribution is -2.35. The largest absolute Gasteiger partial charge is 0.475 e. The van der Waals surface area contributed by atoms with Crippen LogP contribution in [0.3, 0.4) is 0 Å². The summed E-state index contributed by atoms with van der Waals surface area (Å²) in [5.41, 5.74) is 1.52. The second-order valence-corrected chi connectivity index (χ2v) is 4.50. The number of aliphatic hydroxyl groups is 1. The first-order valence-electron chi connectivity index (χ1n) is 6.23. The predicted molar refractivity (Wildman–Crippen MR) is 72.8 cm³/mol. The molecule has 0 amide bonds. The molecule has 6 heteroatoms. The minimum absolute atomic E-state index is 0.00897. The fraction of sp³-hybridized carbons (Fsp3) is 0.357. The Labute approximate surface area is 116 Å². The van der Waals surface area contributed by atoms with Crippen molar-refractivity contribution in [1.82, 2.24) is 5.32 Å². The molecular weight excluding hydrogens is 262 g/mol. The molecule has 20 heavy (non-hydrogen) atoms. The third-order valence-electron chi connectivity index (χ3n) is 2.97. The minimum Gasteiger partial charge on any atom is -0.475 e. The van der Waals surface area contributed by atoms with Crippen molar-refractivity contribution in [2.24, 2.45) is 0 Å². The fourth-order valence-electron chi connectivity index (χ4n) is 1.95. The van der Waals surface area contributed by atoms with E-state index in [1.807, 2.05) is 12.1 Å². The van der Waals surface area contributed by atoms with Crippen LogP contribution in [0.15, 0.2) is 28.7 Å². The molecular formula is C14H17NO5. The number of rotatable bonds is 7. The van der Waals surface area contributed by atoms with Crippen LogP contribution in [0.1, 0.15) is 16.1 Å². The maximum atomic E-state index is 10.8. The molecule has 3 N–H and O–H groups in total. The van der Waals surface area contributed by atoms with Crippen LogP contribution in [-0.2, 0) is 11.3 Å². The molecule has 0 saturated heterocycles. The molecule has 0 aliphatic carbocycles.